The van der Waals surface area contributed by atoms with E-state index in [0.717, 1.165) is 81.7 Å². The summed E-state index contributed by atoms with van der Waals surface area (Å²) >= 11 is 0. The Bertz CT molecular complexity index is 1870. The molecular weight excluding hydrogens is 676 g/mol. The molecule has 8 rings (SSSR count). The number of hydrogen-bond donors (Lipinski definition) is 4. The van der Waals surface area contributed by atoms with E-state index in [-0.39, 0.29) is 47.8 Å². The van der Waals surface area contributed by atoms with Crippen LogP contribution in [-0.2, 0) is 19.1 Å². The maximum Gasteiger partial charge on any atom is 0.305 e. The lowest BCUT2D eigenvalue weighted by Gasteiger charge is -2.15. The third-order valence-corrected chi connectivity index (χ3v) is 10.4. The lowest BCUT2D eigenvalue weighted by Crippen LogP contribution is -2.14. The van der Waals surface area contributed by atoms with E-state index in [2.05, 4.69) is 64.8 Å². The molecule has 0 amide bonds. The number of carbonyl (C=O) groups excluding carboxylic acids is 2. The maximum atomic E-state index is 12.4. The van der Waals surface area contributed by atoms with Gasteiger partial charge in [-0.2, -0.15) is 19.9 Å². The van der Waals surface area contributed by atoms with Crippen molar-refractivity contribution in [3.63, 3.8) is 0 Å². The molecule has 4 atom stereocenters. The fourth-order valence-corrected chi connectivity index (χ4v) is 7.17. The molecule has 0 unspecified atom stereocenters. The number of imidazole rings is 2. The van der Waals surface area contributed by atoms with Crippen LogP contribution in [0.1, 0.15) is 95.6 Å². The van der Waals surface area contributed by atoms with Gasteiger partial charge >= 0.3 is 11.9 Å². The normalized spacial score (nSPS) is 22.2. The van der Waals surface area contributed by atoms with Crippen LogP contribution in [0.3, 0.4) is 0 Å². The zero-order valence-electron chi connectivity index (χ0n) is 29.9. The van der Waals surface area contributed by atoms with Gasteiger partial charge in [-0.1, -0.05) is 43.6 Å². The van der Waals surface area contributed by atoms with Crippen molar-refractivity contribution < 1.29 is 19.1 Å². The number of allylic oxidation sites excluding steroid dienone is 2. The van der Waals surface area contributed by atoms with Crippen molar-refractivity contribution in [3.8, 4) is 0 Å². The fraction of sp³-hybridized carbons (Fsp3) is 0.568. The van der Waals surface area contributed by atoms with E-state index >= 15 is 0 Å². The van der Waals surface area contributed by atoms with Crippen LogP contribution >= 0.6 is 0 Å². The molecule has 4 heterocycles. The molecule has 0 saturated heterocycles. The Hall–Kier alpha value is -5.28. The zero-order valence-corrected chi connectivity index (χ0v) is 29.9. The number of rotatable bonds is 18. The van der Waals surface area contributed by atoms with E-state index in [1.165, 1.54) is 0 Å². The van der Waals surface area contributed by atoms with Gasteiger partial charge in [0, 0.05) is 36.8 Å². The van der Waals surface area contributed by atoms with Gasteiger partial charge in [0.25, 0.3) is 0 Å². The summed E-state index contributed by atoms with van der Waals surface area (Å²) in [6.45, 7) is 0.708. The minimum Gasteiger partial charge on any atom is -0.465 e. The van der Waals surface area contributed by atoms with E-state index < -0.39 is 0 Å². The molecule has 0 aliphatic heterocycles. The van der Waals surface area contributed by atoms with Crippen LogP contribution in [0.25, 0.3) is 22.3 Å². The molecule has 53 heavy (non-hydrogen) atoms. The molecule has 0 radical (unpaired) electrons. The number of anilines is 4. The largest absolute Gasteiger partial charge is 0.465 e. The molecule has 4 aliphatic rings. The fourth-order valence-electron chi connectivity index (χ4n) is 7.17. The topological polar surface area (TPSA) is 216 Å². The first-order chi connectivity index (χ1) is 25.9. The monoisotopic (exact) mass is 724 g/mol. The standard InChI is InChI=1S/C37H48N12O4/c38-36-44-32(42-24-10-11-24)30-34(46-36)48(20-40-30)26-14-8-22(16-26)18-52-28(50)6-4-2-1-3-5-7-29(51)53-19-23-9-15-27(17-23)49-21-41-31-33(43-25-12-13-25)45-37(39)47-35(31)49/h8-9,14-15,20-27H,1-7,10-13,16-19H2,(H3,38,42,44,46)(H3,39,43,45,47)/t22-,23-,26+,27+/m1/s1. The maximum absolute atomic E-state index is 12.4. The molecule has 4 aromatic heterocycles. The van der Waals surface area contributed by atoms with Gasteiger partial charge in [-0.15, -0.1) is 0 Å². The number of esters is 2. The minimum atomic E-state index is -0.174. The molecule has 16 nitrogen and oxygen atoms in total. The molecular formula is C37H48N12O4. The van der Waals surface area contributed by atoms with Gasteiger partial charge < -0.3 is 40.7 Å². The van der Waals surface area contributed by atoms with Crippen LogP contribution in [0.5, 0.6) is 0 Å². The van der Waals surface area contributed by atoms with Gasteiger partial charge in [-0.3, -0.25) is 9.59 Å². The van der Waals surface area contributed by atoms with E-state index in [1.807, 2.05) is 9.13 Å². The van der Waals surface area contributed by atoms with Crippen molar-refractivity contribution in [3.05, 3.63) is 37.0 Å². The van der Waals surface area contributed by atoms with Crippen LogP contribution < -0.4 is 22.1 Å². The second-order valence-corrected chi connectivity index (χ2v) is 14.9. The first-order valence-electron chi connectivity index (χ1n) is 19.1. The molecule has 6 N–H and O–H groups in total. The Morgan fingerprint density at radius 3 is 1.51 bits per heavy atom. The smallest absolute Gasteiger partial charge is 0.305 e. The lowest BCUT2D eigenvalue weighted by molar-refractivity contribution is -0.145. The van der Waals surface area contributed by atoms with Crippen molar-refractivity contribution in [2.45, 2.75) is 108 Å². The van der Waals surface area contributed by atoms with E-state index in [1.54, 1.807) is 12.7 Å². The molecule has 280 valence electrons. The highest BCUT2D eigenvalue weighted by atomic mass is 16.5. The Balaban J connectivity index is 0.674. The summed E-state index contributed by atoms with van der Waals surface area (Å²) in [5.41, 5.74) is 14.9. The van der Waals surface area contributed by atoms with Crippen LogP contribution in [0.4, 0.5) is 23.5 Å². The van der Waals surface area contributed by atoms with Crippen molar-refractivity contribution in [1.29, 1.82) is 0 Å². The Morgan fingerprint density at radius 1 is 0.642 bits per heavy atom. The molecule has 0 spiro atoms. The van der Waals surface area contributed by atoms with Gasteiger partial charge in [0.1, 0.15) is 0 Å². The molecule has 0 aromatic carbocycles. The number of unbranched alkanes of at least 4 members (excludes halogenated alkanes) is 4. The summed E-state index contributed by atoms with van der Waals surface area (Å²) in [7, 11) is 0. The number of nitrogens with one attached hydrogen (secondary N) is 2. The average Bonchev–Trinajstić information content (AvgIpc) is 3.87. The highest BCUT2D eigenvalue weighted by Gasteiger charge is 2.29. The van der Waals surface area contributed by atoms with Crippen molar-refractivity contribution >= 4 is 57.8 Å². The van der Waals surface area contributed by atoms with Gasteiger partial charge in [-0.05, 0) is 51.4 Å². The number of nitrogen functional groups attached to an aromatic ring is 2. The Labute approximate surface area is 307 Å². The summed E-state index contributed by atoms with van der Waals surface area (Å²) in [5.74, 6) is 1.73. The van der Waals surface area contributed by atoms with Gasteiger partial charge in [0.15, 0.2) is 34.0 Å². The molecule has 2 fully saturated rings. The molecule has 4 aliphatic carbocycles. The van der Waals surface area contributed by atoms with Crippen molar-refractivity contribution in [2.75, 3.05) is 35.3 Å². The van der Waals surface area contributed by atoms with Gasteiger partial charge in [0.05, 0.1) is 38.0 Å². The number of fused-ring (bicyclic) bond motifs is 2. The third kappa shape index (κ3) is 8.52. The van der Waals surface area contributed by atoms with Crippen LogP contribution in [-0.4, -0.2) is 76.3 Å². The first kappa shape index (κ1) is 34.8. The average molecular weight is 725 g/mol. The number of aromatic nitrogens is 8. The first-order valence-corrected chi connectivity index (χ1v) is 19.1. The second-order valence-electron chi connectivity index (χ2n) is 14.9. The summed E-state index contributed by atoms with van der Waals surface area (Å²) in [6.07, 6.45) is 23.2. The number of ether oxygens (including phenoxy) is 2. The number of nitrogens with two attached hydrogens (primary N) is 2. The summed E-state index contributed by atoms with van der Waals surface area (Å²) in [6, 6.07) is 0.976. The Morgan fingerprint density at radius 2 is 1.08 bits per heavy atom. The van der Waals surface area contributed by atoms with Crippen LogP contribution in [0.2, 0.25) is 0 Å². The number of carbonyl (C=O) groups is 2. The quantitative estimate of drug-likeness (QED) is 0.0602. The minimum absolute atomic E-state index is 0.0597. The zero-order chi connectivity index (χ0) is 36.3. The summed E-state index contributed by atoms with van der Waals surface area (Å²) < 4.78 is 15.3. The Kier molecular flexibility index (Phi) is 10.1. The SMILES string of the molecule is Nc1nc(NC2CC2)c2ncn([C@H]3C=C[C@@H](COC(=O)CCCCCCCC(=O)OC[C@@H]4C=C[C@H](n5cnc6c(NC7CC7)nc(N)nc65)C4)C3)c2n1. The molecule has 16 heteroatoms. The lowest BCUT2D eigenvalue weighted by atomic mass is 10.1. The molecule has 2 saturated carbocycles. The summed E-state index contributed by atoms with van der Waals surface area (Å²) in [4.78, 5) is 51.6. The highest BCUT2D eigenvalue weighted by Crippen LogP contribution is 2.35. The molecule has 0 bridgehead atoms. The van der Waals surface area contributed by atoms with Gasteiger partial charge in [-0.25, -0.2) is 9.97 Å². The number of hydrogen-bond acceptors (Lipinski definition) is 14. The second kappa shape index (κ2) is 15.4. The summed E-state index contributed by atoms with van der Waals surface area (Å²) in [5, 5.41) is 6.79. The van der Waals surface area contributed by atoms with Gasteiger partial charge in [0.2, 0.25) is 11.9 Å². The highest BCUT2D eigenvalue weighted by molar-refractivity contribution is 5.85. The third-order valence-electron chi connectivity index (χ3n) is 10.4. The van der Waals surface area contributed by atoms with Crippen LogP contribution in [0, 0.1) is 11.8 Å². The predicted octanol–water partition coefficient (Wildman–Crippen LogP) is 5.03. The van der Waals surface area contributed by atoms with Crippen molar-refractivity contribution in [1.82, 2.24) is 39.0 Å². The predicted molar refractivity (Wildman–Crippen MR) is 200 cm³/mol. The van der Waals surface area contributed by atoms with Crippen LogP contribution in [0.15, 0.2) is 37.0 Å². The van der Waals surface area contributed by atoms with E-state index in [0.29, 0.717) is 61.1 Å². The number of nitrogens with zero attached hydrogens (tertiary/aromatic N) is 8. The van der Waals surface area contributed by atoms with E-state index in [4.69, 9.17) is 20.9 Å². The van der Waals surface area contributed by atoms with Crippen molar-refractivity contribution in [2.24, 2.45) is 11.8 Å². The van der Waals surface area contributed by atoms with E-state index in [9.17, 15) is 9.59 Å². The molecule has 4 aromatic rings.